The monoisotopic (exact) mass is 150 g/mol. The van der Waals surface area contributed by atoms with E-state index in [-0.39, 0.29) is 0 Å². The van der Waals surface area contributed by atoms with Gasteiger partial charge in [0, 0.05) is 12.7 Å². The standard InChI is InChI=1S/C8H12N3/c1-2-7(1)3-9-4-8-5-10-6-11-8/h5-7H,1-4H2,(H,10,11). The lowest BCUT2D eigenvalue weighted by Gasteiger charge is -1.96. The van der Waals surface area contributed by atoms with Gasteiger partial charge in [0.1, 0.15) is 0 Å². The molecule has 1 aromatic heterocycles. The lowest BCUT2D eigenvalue weighted by atomic mass is 10.4. The average Bonchev–Trinajstić information content (AvgIpc) is 2.66. The first-order chi connectivity index (χ1) is 5.45. The number of hydrogen-bond acceptors (Lipinski definition) is 1. The molecule has 0 amide bonds. The van der Waals surface area contributed by atoms with Crippen LogP contribution in [-0.2, 0) is 6.54 Å². The highest BCUT2D eigenvalue weighted by Gasteiger charge is 2.20. The zero-order chi connectivity index (χ0) is 7.52. The summed E-state index contributed by atoms with van der Waals surface area (Å²) < 4.78 is 0. The summed E-state index contributed by atoms with van der Waals surface area (Å²) in [5.41, 5.74) is 1.12. The molecule has 11 heavy (non-hydrogen) atoms. The Morgan fingerprint density at radius 1 is 1.64 bits per heavy atom. The quantitative estimate of drug-likeness (QED) is 0.681. The second-order valence-electron chi connectivity index (χ2n) is 3.08. The number of aromatic nitrogens is 2. The smallest absolute Gasteiger partial charge is 0.0922 e. The topological polar surface area (TPSA) is 42.8 Å². The molecule has 1 aliphatic rings. The van der Waals surface area contributed by atoms with E-state index >= 15 is 0 Å². The molecule has 1 radical (unpaired) electrons. The lowest BCUT2D eigenvalue weighted by molar-refractivity contribution is 0.619. The highest BCUT2D eigenvalue weighted by Crippen LogP contribution is 2.27. The maximum Gasteiger partial charge on any atom is 0.0922 e. The Balaban J connectivity index is 1.66. The molecule has 3 heteroatoms. The normalized spacial score (nSPS) is 17.1. The van der Waals surface area contributed by atoms with Crippen LogP contribution in [0.5, 0.6) is 0 Å². The number of rotatable bonds is 4. The van der Waals surface area contributed by atoms with Crippen molar-refractivity contribution in [3.63, 3.8) is 0 Å². The SMILES string of the molecule is c1ncc(C[N]CC2CC2)[nH]1. The minimum absolute atomic E-state index is 0.802. The van der Waals surface area contributed by atoms with Crippen LogP contribution in [0.4, 0.5) is 0 Å². The summed E-state index contributed by atoms with van der Waals surface area (Å²) in [7, 11) is 0. The van der Waals surface area contributed by atoms with Gasteiger partial charge in [-0.15, -0.1) is 0 Å². The fourth-order valence-electron chi connectivity index (χ4n) is 1.04. The van der Waals surface area contributed by atoms with E-state index in [2.05, 4.69) is 15.3 Å². The second-order valence-corrected chi connectivity index (χ2v) is 3.08. The molecule has 0 bridgehead atoms. The summed E-state index contributed by atoms with van der Waals surface area (Å²) in [5, 5.41) is 4.40. The van der Waals surface area contributed by atoms with E-state index in [4.69, 9.17) is 0 Å². The van der Waals surface area contributed by atoms with Crippen LogP contribution in [0.1, 0.15) is 18.5 Å². The van der Waals surface area contributed by atoms with Gasteiger partial charge in [0.05, 0.1) is 18.6 Å². The van der Waals surface area contributed by atoms with Crippen LogP contribution in [0.25, 0.3) is 0 Å². The third-order valence-electron chi connectivity index (χ3n) is 1.92. The molecule has 1 aliphatic carbocycles. The van der Waals surface area contributed by atoms with Crippen molar-refractivity contribution in [3.8, 4) is 0 Å². The summed E-state index contributed by atoms with van der Waals surface area (Å²) in [6, 6.07) is 0. The van der Waals surface area contributed by atoms with E-state index < -0.39 is 0 Å². The van der Waals surface area contributed by atoms with Crippen molar-refractivity contribution < 1.29 is 0 Å². The molecule has 0 unspecified atom stereocenters. The number of H-pyrrole nitrogens is 1. The van der Waals surface area contributed by atoms with E-state index in [9.17, 15) is 0 Å². The third-order valence-corrected chi connectivity index (χ3v) is 1.92. The molecule has 2 rings (SSSR count). The molecule has 0 atom stereocenters. The van der Waals surface area contributed by atoms with Gasteiger partial charge in [0.25, 0.3) is 0 Å². The molecule has 0 saturated heterocycles. The molecule has 0 spiro atoms. The number of aromatic amines is 1. The van der Waals surface area contributed by atoms with Gasteiger partial charge in [-0.3, -0.25) is 0 Å². The van der Waals surface area contributed by atoms with Gasteiger partial charge < -0.3 is 4.98 Å². The minimum atomic E-state index is 0.802. The fourth-order valence-corrected chi connectivity index (χ4v) is 1.04. The van der Waals surface area contributed by atoms with Crippen molar-refractivity contribution in [1.29, 1.82) is 0 Å². The molecule has 3 nitrogen and oxygen atoms in total. The second kappa shape index (κ2) is 3.05. The Labute approximate surface area is 66.2 Å². The summed E-state index contributed by atoms with van der Waals surface area (Å²) in [6.45, 7) is 1.84. The van der Waals surface area contributed by atoms with Gasteiger partial charge in [-0.2, -0.15) is 0 Å². The Bertz CT molecular complexity index is 201. The summed E-state index contributed by atoms with van der Waals surface area (Å²) in [4.78, 5) is 6.95. The maximum absolute atomic E-state index is 4.40. The maximum atomic E-state index is 4.40. The van der Waals surface area contributed by atoms with Gasteiger partial charge in [-0.25, -0.2) is 10.3 Å². The van der Waals surface area contributed by atoms with Crippen LogP contribution in [0.15, 0.2) is 12.5 Å². The number of nitrogens with one attached hydrogen (secondary N) is 1. The van der Waals surface area contributed by atoms with Gasteiger partial charge in [-0.05, 0) is 18.8 Å². The van der Waals surface area contributed by atoms with Crippen LogP contribution >= 0.6 is 0 Å². The van der Waals surface area contributed by atoms with E-state index in [1.165, 1.54) is 12.8 Å². The van der Waals surface area contributed by atoms with Crippen LogP contribution in [0.2, 0.25) is 0 Å². The van der Waals surface area contributed by atoms with Gasteiger partial charge in [0.2, 0.25) is 0 Å². The Morgan fingerprint density at radius 3 is 3.18 bits per heavy atom. The van der Waals surface area contributed by atoms with Gasteiger partial charge in [0.15, 0.2) is 0 Å². The van der Waals surface area contributed by atoms with Crippen molar-refractivity contribution in [2.75, 3.05) is 6.54 Å². The van der Waals surface area contributed by atoms with Crippen LogP contribution in [-0.4, -0.2) is 16.5 Å². The Kier molecular flexibility index (Phi) is 1.90. The molecule has 0 aromatic carbocycles. The summed E-state index contributed by atoms with van der Waals surface area (Å²) in [6.07, 6.45) is 6.29. The molecule has 1 aromatic rings. The Morgan fingerprint density at radius 2 is 2.55 bits per heavy atom. The largest absolute Gasteiger partial charge is 0.347 e. The van der Waals surface area contributed by atoms with E-state index in [1.807, 2.05) is 6.20 Å². The predicted octanol–water partition coefficient (Wildman–Crippen LogP) is 0.924. The van der Waals surface area contributed by atoms with Crippen molar-refractivity contribution in [3.05, 3.63) is 18.2 Å². The van der Waals surface area contributed by atoms with E-state index in [1.54, 1.807) is 6.33 Å². The van der Waals surface area contributed by atoms with Gasteiger partial charge >= 0.3 is 0 Å². The molecular weight excluding hydrogens is 138 g/mol. The highest BCUT2D eigenvalue weighted by atomic mass is 14.9. The highest BCUT2D eigenvalue weighted by molar-refractivity contribution is 4.93. The van der Waals surface area contributed by atoms with E-state index in [0.717, 1.165) is 24.7 Å². The zero-order valence-electron chi connectivity index (χ0n) is 6.45. The number of nitrogens with zero attached hydrogens (tertiary/aromatic N) is 2. The summed E-state index contributed by atoms with van der Waals surface area (Å²) >= 11 is 0. The molecule has 1 N–H and O–H groups in total. The number of imidazole rings is 1. The fraction of sp³-hybridized carbons (Fsp3) is 0.625. The van der Waals surface area contributed by atoms with Gasteiger partial charge in [-0.1, -0.05) is 0 Å². The molecule has 1 heterocycles. The first kappa shape index (κ1) is 6.85. The molecule has 59 valence electrons. The summed E-state index contributed by atoms with van der Waals surface area (Å²) in [5.74, 6) is 0.901. The zero-order valence-corrected chi connectivity index (χ0v) is 6.45. The molecule has 0 aliphatic heterocycles. The van der Waals surface area contributed by atoms with Crippen LogP contribution in [0.3, 0.4) is 0 Å². The first-order valence-corrected chi connectivity index (χ1v) is 4.05. The first-order valence-electron chi connectivity index (χ1n) is 4.05. The van der Waals surface area contributed by atoms with Crippen molar-refractivity contribution in [1.82, 2.24) is 15.3 Å². The van der Waals surface area contributed by atoms with Crippen molar-refractivity contribution >= 4 is 0 Å². The third kappa shape index (κ3) is 2.05. The lowest BCUT2D eigenvalue weighted by Crippen LogP contribution is -2.08. The van der Waals surface area contributed by atoms with Crippen LogP contribution in [0, 0.1) is 5.92 Å². The molecular formula is C8H12N3. The average molecular weight is 150 g/mol. The predicted molar refractivity (Wildman–Crippen MR) is 42.0 cm³/mol. The van der Waals surface area contributed by atoms with Crippen LogP contribution < -0.4 is 5.32 Å². The Hall–Kier alpha value is -0.830. The van der Waals surface area contributed by atoms with Crippen molar-refractivity contribution in [2.24, 2.45) is 5.92 Å². The molecule has 1 saturated carbocycles. The van der Waals surface area contributed by atoms with E-state index in [0.29, 0.717) is 0 Å². The number of hydrogen-bond donors (Lipinski definition) is 1. The van der Waals surface area contributed by atoms with Crippen molar-refractivity contribution in [2.45, 2.75) is 19.4 Å². The molecule has 1 fully saturated rings. The minimum Gasteiger partial charge on any atom is -0.347 e.